The number of unbranched alkanes of at least 4 members (excludes halogenated alkanes) is 20. The molecule has 9 nitrogen and oxygen atoms in total. The lowest BCUT2D eigenvalue weighted by Crippen LogP contribution is -2.37. The van der Waals surface area contributed by atoms with Gasteiger partial charge in [-0.05, 0) is 77.0 Å². The molecule has 0 aliphatic carbocycles. The van der Waals surface area contributed by atoms with Gasteiger partial charge in [0.25, 0.3) is 7.82 Å². The van der Waals surface area contributed by atoms with Crippen LogP contribution in [0.5, 0.6) is 0 Å². The molecule has 0 spiro atoms. The first-order chi connectivity index (χ1) is 28.0. The third-order valence-electron chi connectivity index (χ3n) is 9.82. The Labute approximate surface area is 356 Å². The van der Waals surface area contributed by atoms with Crippen LogP contribution in [0.4, 0.5) is 0 Å². The van der Waals surface area contributed by atoms with E-state index in [0.29, 0.717) is 17.4 Å². The first-order valence-corrected chi connectivity index (χ1v) is 24.8. The molecule has 0 aliphatic heterocycles. The maximum Gasteiger partial charge on any atom is 0.306 e. The van der Waals surface area contributed by atoms with Crippen LogP contribution in [0, 0.1) is 0 Å². The number of carbonyl (C=O) groups is 2. The highest BCUT2D eigenvalue weighted by molar-refractivity contribution is 7.45. The van der Waals surface area contributed by atoms with Crippen molar-refractivity contribution >= 4 is 19.8 Å². The summed E-state index contributed by atoms with van der Waals surface area (Å²) >= 11 is 0. The highest BCUT2D eigenvalue weighted by Crippen LogP contribution is 2.38. The van der Waals surface area contributed by atoms with Gasteiger partial charge in [0.2, 0.25) is 0 Å². The summed E-state index contributed by atoms with van der Waals surface area (Å²) in [5, 5.41) is 0. The molecule has 0 radical (unpaired) electrons. The molecule has 2 atom stereocenters. The summed E-state index contributed by atoms with van der Waals surface area (Å²) in [5.74, 6) is -0.852. The van der Waals surface area contributed by atoms with Gasteiger partial charge >= 0.3 is 11.9 Å². The van der Waals surface area contributed by atoms with Gasteiger partial charge in [0.05, 0.1) is 27.7 Å². The van der Waals surface area contributed by atoms with Gasteiger partial charge < -0.3 is 27.9 Å². The predicted octanol–water partition coefficient (Wildman–Crippen LogP) is 12.8. The Kier molecular flexibility index (Phi) is 39.0. The average Bonchev–Trinajstić information content (AvgIpc) is 3.17. The summed E-state index contributed by atoms with van der Waals surface area (Å²) in [7, 11) is 1.15. The molecular weight excluding hydrogens is 750 g/mol. The van der Waals surface area contributed by atoms with E-state index < -0.39 is 32.5 Å². The van der Waals surface area contributed by atoms with Crippen molar-refractivity contribution < 1.29 is 42.1 Å². The minimum atomic E-state index is -4.63. The van der Waals surface area contributed by atoms with Crippen LogP contribution >= 0.6 is 7.82 Å². The highest BCUT2D eigenvalue weighted by atomic mass is 31.2. The molecule has 0 aromatic carbocycles. The number of hydrogen-bond donors (Lipinski definition) is 0. The third-order valence-corrected chi connectivity index (χ3v) is 10.8. The van der Waals surface area contributed by atoms with Gasteiger partial charge in [0.1, 0.15) is 19.8 Å². The van der Waals surface area contributed by atoms with E-state index in [0.717, 1.165) is 70.6 Å². The Morgan fingerprint density at radius 3 is 1.36 bits per heavy atom. The molecule has 0 aromatic rings. The summed E-state index contributed by atoms with van der Waals surface area (Å²) in [5.41, 5.74) is 0. The van der Waals surface area contributed by atoms with E-state index in [-0.39, 0.29) is 26.1 Å². The molecule has 0 aliphatic rings. The molecule has 0 saturated heterocycles. The molecule has 2 unspecified atom stereocenters. The second kappa shape index (κ2) is 40.4. The highest BCUT2D eigenvalue weighted by Gasteiger charge is 2.21. The van der Waals surface area contributed by atoms with E-state index in [4.69, 9.17) is 18.5 Å². The lowest BCUT2D eigenvalue weighted by atomic mass is 10.1. The summed E-state index contributed by atoms with van der Waals surface area (Å²) in [6.07, 6.45) is 47.0. The average molecular weight is 838 g/mol. The maximum atomic E-state index is 12.7. The summed E-state index contributed by atoms with van der Waals surface area (Å²) in [6, 6.07) is 0. The van der Waals surface area contributed by atoms with Crippen molar-refractivity contribution in [1.29, 1.82) is 0 Å². The molecule has 58 heavy (non-hydrogen) atoms. The first-order valence-electron chi connectivity index (χ1n) is 23.3. The molecule has 10 heteroatoms. The predicted molar refractivity (Wildman–Crippen MR) is 240 cm³/mol. The quantitative estimate of drug-likeness (QED) is 0.0196. The zero-order chi connectivity index (χ0) is 42.8. The molecule has 0 aromatic heterocycles. The Hall–Kier alpha value is -2.03. The zero-order valence-electron chi connectivity index (χ0n) is 38.0. The van der Waals surface area contributed by atoms with Crippen LogP contribution in [-0.4, -0.2) is 70.0 Å². The van der Waals surface area contributed by atoms with Gasteiger partial charge in [-0.1, -0.05) is 152 Å². The van der Waals surface area contributed by atoms with Crippen LogP contribution in [0.2, 0.25) is 0 Å². The number of carbonyl (C=O) groups excluding carboxylic acids is 2. The lowest BCUT2D eigenvalue weighted by molar-refractivity contribution is -0.870. The third kappa shape index (κ3) is 43.5. The van der Waals surface area contributed by atoms with E-state index in [9.17, 15) is 19.0 Å². The minimum absolute atomic E-state index is 0.0351. The summed E-state index contributed by atoms with van der Waals surface area (Å²) in [4.78, 5) is 37.6. The number of hydrogen-bond acceptors (Lipinski definition) is 8. The Morgan fingerprint density at radius 2 is 0.931 bits per heavy atom. The van der Waals surface area contributed by atoms with Gasteiger partial charge in [0, 0.05) is 12.8 Å². The fourth-order valence-electron chi connectivity index (χ4n) is 6.13. The van der Waals surface area contributed by atoms with Crippen LogP contribution in [0.15, 0.2) is 48.6 Å². The first kappa shape index (κ1) is 56.0. The number of ether oxygens (including phenoxy) is 2. The topological polar surface area (TPSA) is 111 Å². The van der Waals surface area contributed by atoms with Gasteiger partial charge in [-0.3, -0.25) is 14.2 Å². The Bertz CT molecular complexity index is 1130. The van der Waals surface area contributed by atoms with Crippen molar-refractivity contribution in [3.05, 3.63) is 48.6 Å². The maximum absolute atomic E-state index is 12.7. The van der Waals surface area contributed by atoms with E-state index in [1.807, 2.05) is 21.1 Å². The summed E-state index contributed by atoms with van der Waals surface area (Å²) < 4.78 is 33.9. The molecule has 0 fully saturated rings. The van der Waals surface area contributed by atoms with Crippen molar-refractivity contribution in [1.82, 2.24) is 0 Å². The summed E-state index contributed by atoms with van der Waals surface area (Å²) in [6.45, 7) is 4.16. The standard InChI is InChI=1S/C48H88NO8P/c1-6-8-10-12-14-16-18-20-22-24-26-28-30-32-34-36-38-40-47(50)54-44-46(45-56-58(52,53)55-43-42-49(3,4)5)57-48(51)41-39-37-35-33-31-29-27-25-23-21-19-17-15-13-11-9-7-2/h14-17,20-23,46H,6-13,18-19,24-45H2,1-5H3/b16-14-,17-15-,22-20-,23-21-. The molecular formula is C48H88NO8P. The second-order valence-corrected chi connectivity index (χ2v) is 18.2. The van der Waals surface area contributed by atoms with E-state index in [1.165, 1.54) is 89.9 Å². The number of quaternary nitrogens is 1. The van der Waals surface area contributed by atoms with Crippen LogP contribution in [0.1, 0.15) is 194 Å². The van der Waals surface area contributed by atoms with Crippen LogP contribution in [0.25, 0.3) is 0 Å². The van der Waals surface area contributed by atoms with Crippen molar-refractivity contribution in [3.8, 4) is 0 Å². The van der Waals surface area contributed by atoms with Crippen LogP contribution in [-0.2, 0) is 32.7 Å². The van der Waals surface area contributed by atoms with E-state index in [2.05, 4.69) is 62.5 Å². The molecule has 0 bridgehead atoms. The molecule has 0 amide bonds. The van der Waals surface area contributed by atoms with E-state index in [1.54, 1.807) is 0 Å². The molecule has 0 N–H and O–H groups in total. The molecule has 338 valence electrons. The Morgan fingerprint density at radius 1 is 0.534 bits per heavy atom. The van der Waals surface area contributed by atoms with Crippen molar-refractivity contribution in [2.75, 3.05) is 47.5 Å². The van der Waals surface area contributed by atoms with Gasteiger partial charge in [0.15, 0.2) is 6.10 Å². The minimum Gasteiger partial charge on any atom is -0.756 e. The SMILES string of the molecule is CCCCC/C=C\C/C=C\CCCCCCCCCC(=O)OCC(COP(=O)([O-])OCC[N+](C)(C)C)OC(=O)CCCCCCCCC/C=C\C/C=C\CCCCC. The van der Waals surface area contributed by atoms with Crippen LogP contribution in [0.3, 0.4) is 0 Å². The number of allylic oxidation sites excluding steroid dienone is 8. The number of phosphoric acid groups is 1. The monoisotopic (exact) mass is 838 g/mol. The van der Waals surface area contributed by atoms with Crippen molar-refractivity contribution in [3.63, 3.8) is 0 Å². The van der Waals surface area contributed by atoms with Crippen LogP contribution < -0.4 is 4.89 Å². The second-order valence-electron chi connectivity index (χ2n) is 16.8. The molecule has 0 saturated carbocycles. The van der Waals surface area contributed by atoms with Gasteiger partial charge in [-0.2, -0.15) is 0 Å². The number of esters is 2. The lowest BCUT2D eigenvalue weighted by Gasteiger charge is -2.28. The van der Waals surface area contributed by atoms with Crippen molar-refractivity contribution in [2.45, 2.75) is 200 Å². The number of rotatable bonds is 42. The zero-order valence-corrected chi connectivity index (χ0v) is 38.9. The van der Waals surface area contributed by atoms with Crippen molar-refractivity contribution in [2.24, 2.45) is 0 Å². The largest absolute Gasteiger partial charge is 0.756 e. The van der Waals surface area contributed by atoms with Gasteiger partial charge in [-0.15, -0.1) is 0 Å². The molecule has 0 heterocycles. The fourth-order valence-corrected chi connectivity index (χ4v) is 6.85. The van der Waals surface area contributed by atoms with E-state index >= 15 is 0 Å². The molecule has 0 rings (SSSR count). The normalized spacial score (nSPS) is 14.0. The smallest absolute Gasteiger partial charge is 0.306 e. The fraction of sp³-hybridized carbons (Fsp3) is 0.792. The Balaban J connectivity index is 4.35. The number of phosphoric ester groups is 1. The number of likely N-dealkylation sites (N-methyl/N-ethyl adjacent to an activating group) is 1. The van der Waals surface area contributed by atoms with Gasteiger partial charge in [-0.25, -0.2) is 0 Å². The number of nitrogens with zero attached hydrogens (tertiary/aromatic N) is 1.